The van der Waals surface area contributed by atoms with E-state index in [2.05, 4.69) is 26.6 Å². The molecule has 0 aromatic heterocycles. The Balaban J connectivity index is 2.08. The predicted octanol–water partition coefficient (Wildman–Crippen LogP) is 3.76. The number of methoxy groups -OCH3 is 1. The normalized spacial score (nSPS) is 11.6. The molecular formula is C20H22BrFN2O3S. The number of nitrogens with one attached hydrogen (secondary N) is 2. The van der Waals surface area contributed by atoms with Crippen LogP contribution in [0.3, 0.4) is 0 Å². The van der Waals surface area contributed by atoms with Crippen LogP contribution in [0.15, 0.2) is 46.9 Å². The average Bonchev–Trinajstić information content (AvgIpc) is 2.71. The number of carbonyl (C=O) groups is 2. The molecule has 0 aliphatic heterocycles. The van der Waals surface area contributed by atoms with Gasteiger partial charge in [-0.2, -0.15) is 11.8 Å². The van der Waals surface area contributed by atoms with Crippen LogP contribution in [-0.4, -0.2) is 37.0 Å². The van der Waals surface area contributed by atoms with E-state index in [1.807, 2.05) is 6.26 Å². The highest BCUT2D eigenvalue weighted by molar-refractivity contribution is 9.10. The number of benzene rings is 2. The molecule has 0 aliphatic carbocycles. The van der Waals surface area contributed by atoms with E-state index in [1.54, 1.807) is 42.1 Å². The van der Waals surface area contributed by atoms with Crippen molar-refractivity contribution in [2.75, 3.05) is 19.1 Å². The molecule has 0 spiro atoms. The molecule has 5 nitrogen and oxygen atoms in total. The zero-order chi connectivity index (χ0) is 20.5. The second-order valence-electron chi connectivity index (χ2n) is 5.96. The highest BCUT2D eigenvalue weighted by Crippen LogP contribution is 2.19. The van der Waals surface area contributed by atoms with Crippen LogP contribution in [0.1, 0.15) is 22.3 Å². The zero-order valence-corrected chi connectivity index (χ0v) is 18.0. The first-order valence-corrected chi connectivity index (χ1v) is 10.8. The monoisotopic (exact) mass is 468 g/mol. The van der Waals surface area contributed by atoms with Crippen molar-refractivity contribution in [3.8, 4) is 5.75 Å². The third-order valence-corrected chi connectivity index (χ3v) is 5.46. The summed E-state index contributed by atoms with van der Waals surface area (Å²) in [4.78, 5) is 25.3. The first kappa shape index (κ1) is 22.2. The van der Waals surface area contributed by atoms with Gasteiger partial charge in [0.25, 0.3) is 5.91 Å². The molecule has 0 aliphatic rings. The molecule has 2 aromatic rings. The molecular weight excluding hydrogens is 447 g/mol. The molecule has 0 saturated heterocycles. The van der Waals surface area contributed by atoms with Crippen LogP contribution in [0.25, 0.3) is 0 Å². The maximum absolute atomic E-state index is 13.4. The Kier molecular flexibility index (Phi) is 8.79. The van der Waals surface area contributed by atoms with E-state index in [9.17, 15) is 14.0 Å². The Labute approximate surface area is 176 Å². The largest absolute Gasteiger partial charge is 0.496 e. The van der Waals surface area contributed by atoms with Crippen LogP contribution in [0.4, 0.5) is 4.39 Å². The molecule has 1 unspecified atom stereocenters. The summed E-state index contributed by atoms with van der Waals surface area (Å²) in [6, 6.07) is 10.4. The van der Waals surface area contributed by atoms with Gasteiger partial charge in [-0.3, -0.25) is 9.59 Å². The highest BCUT2D eigenvalue weighted by Gasteiger charge is 2.22. The van der Waals surface area contributed by atoms with Gasteiger partial charge in [-0.05, 0) is 54.3 Å². The van der Waals surface area contributed by atoms with Gasteiger partial charge in [0.2, 0.25) is 5.91 Å². The minimum absolute atomic E-state index is 0.150. The van der Waals surface area contributed by atoms with Gasteiger partial charge in [0, 0.05) is 11.0 Å². The van der Waals surface area contributed by atoms with Crippen molar-refractivity contribution in [3.63, 3.8) is 0 Å². The quantitative estimate of drug-likeness (QED) is 0.587. The summed E-state index contributed by atoms with van der Waals surface area (Å²) < 4.78 is 19.3. The number of ether oxygens (including phenoxy) is 1. The average molecular weight is 469 g/mol. The molecule has 2 rings (SSSR count). The lowest BCUT2D eigenvalue weighted by atomic mass is 10.1. The van der Waals surface area contributed by atoms with E-state index in [1.165, 1.54) is 19.2 Å². The van der Waals surface area contributed by atoms with E-state index in [4.69, 9.17) is 4.74 Å². The molecule has 0 fully saturated rings. The number of hydrogen-bond acceptors (Lipinski definition) is 4. The molecule has 2 N–H and O–H groups in total. The van der Waals surface area contributed by atoms with Gasteiger partial charge >= 0.3 is 0 Å². The molecule has 0 saturated carbocycles. The maximum Gasteiger partial charge on any atom is 0.255 e. The van der Waals surface area contributed by atoms with E-state index in [0.29, 0.717) is 33.5 Å². The van der Waals surface area contributed by atoms with Gasteiger partial charge in [-0.15, -0.1) is 0 Å². The zero-order valence-electron chi connectivity index (χ0n) is 15.6. The van der Waals surface area contributed by atoms with Crippen molar-refractivity contribution < 1.29 is 18.7 Å². The van der Waals surface area contributed by atoms with Gasteiger partial charge in [0.15, 0.2) is 0 Å². The Morgan fingerprint density at radius 1 is 1.25 bits per heavy atom. The van der Waals surface area contributed by atoms with E-state index < -0.39 is 6.04 Å². The lowest BCUT2D eigenvalue weighted by Crippen LogP contribution is -2.47. The molecule has 8 heteroatoms. The van der Waals surface area contributed by atoms with E-state index >= 15 is 0 Å². The number of rotatable bonds is 9. The third-order valence-electron chi connectivity index (χ3n) is 4.04. The Hall–Kier alpha value is -2.06. The van der Waals surface area contributed by atoms with Crippen LogP contribution < -0.4 is 15.4 Å². The highest BCUT2D eigenvalue weighted by atomic mass is 79.9. The molecule has 0 bridgehead atoms. The molecule has 1 atom stereocenters. The minimum atomic E-state index is -0.711. The second kappa shape index (κ2) is 11.1. The van der Waals surface area contributed by atoms with Crippen LogP contribution in [-0.2, 0) is 11.3 Å². The number of hydrogen-bond donors (Lipinski definition) is 2. The Morgan fingerprint density at radius 2 is 2.00 bits per heavy atom. The Morgan fingerprint density at radius 3 is 2.71 bits per heavy atom. The molecule has 0 radical (unpaired) electrons. The maximum atomic E-state index is 13.4. The van der Waals surface area contributed by atoms with Gasteiger partial charge in [0.1, 0.15) is 17.6 Å². The van der Waals surface area contributed by atoms with E-state index in [-0.39, 0.29) is 24.2 Å². The third kappa shape index (κ3) is 6.24. The first-order chi connectivity index (χ1) is 13.5. The van der Waals surface area contributed by atoms with Crippen molar-refractivity contribution in [1.82, 2.24) is 10.6 Å². The van der Waals surface area contributed by atoms with Crippen LogP contribution >= 0.6 is 27.7 Å². The summed E-state index contributed by atoms with van der Waals surface area (Å²) in [7, 11) is 1.49. The summed E-state index contributed by atoms with van der Waals surface area (Å²) in [5, 5.41) is 5.55. The standard InChI is InChI=1S/C20H22BrFN2O3S/c1-27-18-6-4-3-5-15(18)19(25)24-17(9-10-28-2)20(26)23-12-13-11-14(22)7-8-16(13)21/h3-8,11,17H,9-10,12H2,1-2H3,(H,23,26)(H,24,25). The van der Waals surface area contributed by atoms with Gasteiger partial charge in [0.05, 0.1) is 12.7 Å². The van der Waals surface area contributed by atoms with Crippen molar-refractivity contribution in [3.05, 3.63) is 63.9 Å². The number of amides is 2. The number of thioether (sulfide) groups is 1. The lowest BCUT2D eigenvalue weighted by molar-refractivity contribution is -0.123. The van der Waals surface area contributed by atoms with Crippen molar-refractivity contribution in [1.29, 1.82) is 0 Å². The van der Waals surface area contributed by atoms with Crippen LogP contribution in [0.5, 0.6) is 5.75 Å². The van der Waals surface area contributed by atoms with Gasteiger partial charge < -0.3 is 15.4 Å². The van der Waals surface area contributed by atoms with Crippen LogP contribution in [0.2, 0.25) is 0 Å². The number of carbonyl (C=O) groups excluding carboxylic acids is 2. The molecule has 28 heavy (non-hydrogen) atoms. The SMILES string of the molecule is COc1ccccc1C(=O)NC(CCSC)C(=O)NCc1cc(F)ccc1Br. The summed E-state index contributed by atoms with van der Waals surface area (Å²) in [6.07, 6.45) is 2.40. The predicted molar refractivity (Wildman–Crippen MR) is 113 cm³/mol. The van der Waals surface area contributed by atoms with Crippen molar-refractivity contribution in [2.24, 2.45) is 0 Å². The fraction of sp³-hybridized carbons (Fsp3) is 0.300. The minimum Gasteiger partial charge on any atom is -0.496 e. The summed E-state index contributed by atoms with van der Waals surface area (Å²) in [5.41, 5.74) is 0.979. The summed E-state index contributed by atoms with van der Waals surface area (Å²) in [6.45, 7) is 0.150. The first-order valence-electron chi connectivity index (χ1n) is 8.60. The molecule has 2 amide bonds. The fourth-order valence-corrected chi connectivity index (χ4v) is 3.42. The molecule has 0 heterocycles. The fourth-order valence-electron chi connectivity index (χ4n) is 2.56. The number of halogens is 2. The smallest absolute Gasteiger partial charge is 0.255 e. The Bertz CT molecular complexity index is 835. The topological polar surface area (TPSA) is 67.4 Å². The van der Waals surface area contributed by atoms with Crippen molar-refractivity contribution in [2.45, 2.75) is 19.0 Å². The molecule has 150 valence electrons. The van der Waals surface area contributed by atoms with Gasteiger partial charge in [-0.1, -0.05) is 28.1 Å². The van der Waals surface area contributed by atoms with Crippen molar-refractivity contribution >= 4 is 39.5 Å². The lowest BCUT2D eigenvalue weighted by Gasteiger charge is -2.19. The molecule has 2 aromatic carbocycles. The van der Waals surface area contributed by atoms with Crippen LogP contribution in [0, 0.1) is 5.82 Å². The summed E-state index contributed by atoms with van der Waals surface area (Å²) in [5.74, 6) is 0.0520. The van der Waals surface area contributed by atoms with E-state index in [0.717, 1.165) is 0 Å². The van der Waals surface area contributed by atoms with Gasteiger partial charge in [-0.25, -0.2) is 4.39 Å². The number of para-hydroxylation sites is 1. The second-order valence-corrected chi connectivity index (χ2v) is 7.80. The summed E-state index contributed by atoms with van der Waals surface area (Å²) >= 11 is 4.93.